The van der Waals surface area contributed by atoms with Crippen molar-refractivity contribution in [2.24, 2.45) is 0 Å². The van der Waals surface area contributed by atoms with E-state index in [-0.39, 0.29) is 12.6 Å². The number of imide groups is 1. The monoisotopic (exact) mass is 355 g/mol. The molecule has 2 atom stereocenters. The maximum atomic E-state index is 12.7. The van der Waals surface area contributed by atoms with Crippen molar-refractivity contribution in [1.82, 2.24) is 10.2 Å². The summed E-state index contributed by atoms with van der Waals surface area (Å²) in [6.07, 6.45) is 1.52. The second kappa shape index (κ2) is 7.03. The first kappa shape index (κ1) is 17.7. The van der Waals surface area contributed by atoms with E-state index >= 15 is 0 Å². The molecule has 1 aliphatic rings. The number of amides is 4. The number of urea groups is 1. The van der Waals surface area contributed by atoms with Crippen molar-refractivity contribution in [2.45, 2.75) is 32.9 Å². The van der Waals surface area contributed by atoms with Crippen LogP contribution in [-0.4, -0.2) is 35.3 Å². The van der Waals surface area contributed by atoms with Gasteiger partial charge in [0, 0.05) is 5.69 Å². The molecule has 0 aliphatic carbocycles. The number of benzene rings is 1. The number of furan rings is 1. The fraction of sp³-hybridized carbons (Fsp3) is 0.316. The summed E-state index contributed by atoms with van der Waals surface area (Å²) in [7, 11) is 0. The molecule has 136 valence electrons. The van der Waals surface area contributed by atoms with Gasteiger partial charge in [0.05, 0.1) is 12.3 Å². The molecule has 0 bridgehead atoms. The molecule has 7 nitrogen and oxygen atoms in total. The largest absolute Gasteiger partial charge is 0.467 e. The molecule has 0 radical (unpaired) electrons. The molecule has 2 heterocycles. The van der Waals surface area contributed by atoms with Crippen LogP contribution >= 0.6 is 0 Å². The Labute approximate surface area is 151 Å². The average molecular weight is 355 g/mol. The lowest BCUT2D eigenvalue weighted by Gasteiger charge is -2.19. The highest BCUT2D eigenvalue weighted by atomic mass is 16.3. The predicted molar refractivity (Wildman–Crippen MR) is 95.5 cm³/mol. The second-order valence-electron chi connectivity index (χ2n) is 6.39. The quantitative estimate of drug-likeness (QED) is 0.836. The van der Waals surface area contributed by atoms with Gasteiger partial charge in [-0.05, 0) is 45.0 Å². The van der Waals surface area contributed by atoms with Gasteiger partial charge in [0.15, 0.2) is 0 Å². The van der Waals surface area contributed by atoms with Crippen LogP contribution in [0.4, 0.5) is 10.5 Å². The van der Waals surface area contributed by atoms with Crippen LogP contribution in [0.15, 0.2) is 47.1 Å². The van der Waals surface area contributed by atoms with Crippen LogP contribution in [0.5, 0.6) is 0 Å². The minimum atomic E-state index is -0.652. The van der Waals surface area contributed by atoms with Gasteiger partial charge in [-0.15, -0.1) is 0 Å². The first-order valence-corrected chi connectivity index (χ1v) is 8.42. The molecule has 0 spiro atoms. The highest BCUT2D eigenvalue weighted by Crippen LogP contribution is 2.26. The molecule has 26 heavy (non-hydrogen) atoms. The van der Waals surface area contributed by atoms with Crippen LogP contribution < -0.4 is 10.2 Å². The number of rotatable bonds is 5. The van der Waals surface area contributed by atoms with Crippen molar-refractivity contribution >= 4 is 23.5 Å². The van der Waals surface area contributed by atoms with Gasteiger partial charge in [0.1, 0.15) is 18.3 Å². The molecular weight excluding hydrogens is 334 g/mol. The molecule has 1 fully saturated rings. The Morgan fingerprint density at radius 1 is 1.23 bits per heavy atom. The average Bonchev–Trinajstić information content (AvgIpc) is 3.21. The molecule has 0 saturated carbocycles. The lowest BCUT2D eigenvalue weighted by molar-refractivity contribution is -0.132. The number of hydrogen-bond donors (Lipinski definition) is 1. The van der Waals surface area contributed by atoms with Crippen molar-refractivity contribution in [3.63, 3.8) is 0 Å². The fourth-order valence-electron chi connectivity index (χ4n) is 2.95. The van der Waals surface area contributed by atoms with Gasteiger partial charge >= 0.3 is 6.03 Å². The van der Waals surface area contributed by atoms with Crippen LogP contribution in [-0.2, 0) is 9.59 Å². The smallest absolute Gasteiger partial charge is 0.332 e. The molecule has 3 rings (SSSR count). The SMILES string of the molecule is Cc1ccc(N2C(=O)N(CC(=O)N[C@H](C)c3ccco3)C(=O)[C@@H]2C)cc1. The fourth-order valence-corrected chi connectivity index (χ4v) is 2.95. The number of nitrogens with one attached hydrogen (secondary N) is 1. The van der Waals surface area contributed by atoms with E-state index in [0.29, 0.717) is 11.4 Å². The van der Waals surface area contributed by atoms with Crippen molar-refractivity contribution in [1.29, 1.82) is 0 Å². The van der Waals surface area contributed by atoms with E-state index in [1.54, 1.807) is 38.1 Å². The van der Waals surface area contributed by atoms with Crippen LogP contribution in [0, 0.1) is 6.92 Å². The van der Waals surface area contributed by atoms with E-state index in [4.69, 9.17) is 4.42 Å². The summed E-state index contributed by atoms with van der Waals surface area (Å²) in [5.41, 5.74) is 1.69. The number of nitrogens with zero attached hydrogens (tertiary/aromatic N) is 2. The minimum absolute atomic E-state index is 0.324. The minimum Gasteiger partial charge on any atom is -0.467 e. The zero-order valence-electron chi connectivity index (χ0n) is 14.9. The summed E-state index contributed by atoms with van der Waals surface area (Å²) in [5.74, 6) is -0.211. The van der Waals surface area contributed by atoms with Crippen LogP contribution in [0.1, 0.15) is 31.2 Å². The molecule has 4 amide bonds. The summed E-state index contributed by atoms with van der Waals surface area (Å²) < 4.78 is 5.24. The normalized spacial score (nSPS) is 18.3. The van der Waals surface area contributed by atoms with Gasteiger partial charge in [-0.3, -0.25) is 19.4 Å². The highest BCUT2D eigenvalue weighted by Gasteiger charge is 2.44. The molecule has 7 heteroatoms. The van der Waals surface area contributed by atoms with E-state index < -0.39 is 23.9 Å². The van der Waals surface area contributed by atoms with Gasteiger partial charge in [0.2, 0.25) is 5.91 Å². The molecule has 1 aromatic heterocycles. The van der Waals surface area contributed by atoms with Crippen LogP contribution in [0.2, 0.25) is 0 Å². The van der Waals surface area contributed by atoms with Crippen molar-refractivity contribution in [3.05, 3.63) is 54.0 Å². The molecule has 1 aromatic carbocycles. The molecule has 2 aromatic rings. The molecule has 1 saturated heterocycles. The van der Waals surface area contributed by atoms with Crippen LogP contribution in [0.3, 0.4) is 0 Å². The zero-order chi connectivity index (χ0) is 18.8. The Morgan fingerprint density at radius 3 is 2.54 bits per heavy atom. The summed E-state index contributed by atoms with van der Waals surface area (Å²) in [6, 6.07) is 9.31. The maximum absolute atomic E-state index is 12.7. The number of carbonyl (C=O) groups is 3. The molecule has 0 unspecified atom stereocenters. The summed E-state index contributed by atoms with van der Waals surface area (Å²) in [4.78, 5) is 39.8. The number of hydrogen-bond acceptors (Lipinski definition) is 4. The number of aryl methyl sites for hydroxylation is 1. The Morgan fingerprint density at radius 2 is 1.92 bits per heavy atom. The number of anilines is 1. The van der Waals surface area contributed by atoms with Crippen molar-refractivity contribution in [2.75, 3.05) is 11.4 Å². The Balaban J connectivity index is 1.70. The van der Waals surface area contributed by atoms with Crippen molar-refractivity contribution in [3.8, 4) is 0 Å². The Hall–Kier alpha value is -3.09. The third-order valence-corrected chi connectivity index (χ3v) is 4.41. The van der Waals surface area contributed by atoms with Gasteiger partial charge in [-0.1, -0.05) is 17.7 Å². The van der Waals surface area contributed by atoms with Gasteiger partial charge in [-0.2, -0.15) is 0 Å². The third kappa shape index (κ3) is 3.33. The Bertz CT molecular complexity index is 814. The van der Waals surface area contributed by atoms with E-state index in [1.807, 2.05) is 19.1 Å². The maximum Gasteiger partial charge on any atom is 0.332 e. The lowest BCUT2D eigenvalue weighted by Crippen LogP contribution is -2.42. The molecular formula is C19H21N3O4. The predicted octanol–water partition coefficient (Wildman–Crippen LogP) is 2.62. The van der Waals surface area contributed by atoms with E-state index in [9.17, 15) is 14.4 Å². The standard InChI is InChI=1S/C19H21N3O4/c1-12-6-8-15(9-7-12)22-14(3)18(24)21(19(22)25)11-17(23)20-13(2)16-5-4-10-26-16/h4-10,13-14H,11H2,1-3H3,(H,20,23)/t13-,14+/m1/s1. The van der Waals surface area contributed by atoms with Gasteiger partial charge in [0.25, 0.3) is 5.91 Å². The third-order valence-electron chi connectivity index (χ3n) is 4.41. The Kier molecular flexibility index (Phi) is 4.79. The lowest BCUT2D eigenvalue weighted by atomic mass is 10.2. The van der Waals surface area contributed by atoms with Gasteiger partial charge < -0.3 is 9.73 Å². The van der Waals surface area contributed by atoms with E-state index in [0.717, 1.165) is 10.5 Å². The topological polar surface area (TPSA) is 82.9 Å². The molecule has 1 aliphatic heterocycles. The van der Waals surface area contributed by atoms with Gasteiger partial charge in [-0.25, -0.2) is 4.79 Å². The highest BCUT2D eigenvalue weighted by molar-refractivity contribution is 6.15. The van der Waals surface area contributed by atoms with E-state index in [2.05, 4.69) is 5.32 Å². The van der Waals surface area contributed by atoms with E-state index in [1.165, 1.54) is 11.2 Å². The zero-order valence-corrected chi connectivity index (χ0v) is 14.9. The second-order valence-corrected chi connectivity index (χ2v) is 6.39. The van der Waals surface area contributed by atoms with Crippen LogP contribution in [0.25, 0.3) is 0 Å². The summed E-state index contributed by atoms with van der Waals surface area (Å²) >= 11 is 0. The molecule has 1 N–H and O–H groups in total. The summed E-state index contributed by atoms with van der Waals surface area (Å²) in [5, 5.41) is 2.73. The first-order chi connectivity index (χ1) is 12.4. The number of carbonyl (C=O) groups excluding carboxylic acids is 3. The van der Waals surface area contributed by atoms with Crippen molar-refractivity contribution < 1.29 is 18.8 Å². The first-order valence-electron chi connectivity index (χ1n) is 8.42. The summed E-state index contributed by atoms with van der Waals surface area (Å²) in [6.45, 7) is 5.05.